The van der Waals surface area contributed by atoms with Crippen LogP contribution in [-0.2, 0) is 15.8 Å². The second-order valence-corrected chi connectivity index (χ2v) is 5.33. The van der Waals surface area contributed by atoms with E-state index in [0.717, 1.165) is 25.0 Å². The van der Waals surface area contributed by atoms with Gasteiger partial charge in [0.05, 0.1) is 12.2 Å². The molecule has 2 aliphatic carbocycles. The average Bonchev–Trinajstić information content (AvgIpc) is 3.19. The normalized spacial score (nSPS) is 24.1. The molecule has 86 valence electrons. The molecule has 0 heterocycles. The Morgan fingerprint density at radius 2 is 1.88 bits per heavy atom. The molecule has 0 amide bonds. The molecule has 0 unspecified atom stereocenters. The van der Waals surface area contributed by atoms with Gasteiger partial charge in [-0.15, -0.1) is 0 Å². The summed E-state index contributed by atoms with van der Waals surface area (Å²) >= 11 is 0. The molecule has 0 saturated heterocycles. The van der Waals surface area contributed by atoms with Gasteiger partial charge >= 0.3 is 0 Å². The van der Waals surface area contributed by atoms with Crippen molar-refractivity contribution in [1.82, 2.24) is 0 Å². The van der Waals surface area contributed by atoms with Gasteiger partial charge in [-0.05, 0) is 36.8 Å². The Labute approximate surface area is 96.2 Å². The van der Waals surface area contributed by atoms with Crippen molar-refractivity contribution < 1.29 is 9.84 Å². The maximum absolute atomic E-state index is 10.1. The Morgan fingerprint density at radius 1 is 1.19 bits per heavy atom. The highest BCUT2D eigenvalue weighted by Gasteiger charge is 2.46. The van der Waals surface area contributed by atoms with Crippen LogP contribution in [0.4, 0.5) is 0 Å². The van der Waals surface area contributed by atoms with Gasteiger partial charge < -0.3 is 9.84 Å². The van der Waals surface area contributed by atoms with E-state index < -0.39 is 5.60 Å². The Kier molecular flexibility index (Phi) is 2.13. The quantitative estimate of drug-likeness (QED) is 0.840. The monoisotopic (exact) mass is 218 g/mol. The Morgan fingerprint density at radius 3 is 2.44 bits per heavy atom. The summed E-state index contributed by atoms with van der Waals surface area (Å²) in [5.74, 6) is 0. The smallest absolute Gasteiger partial charge is 0.0899 e. The molecule has 16 heavy (non-hydrogen) atoms. The minimum absolute atomic E-state index is 0.246. The third kappa shape index (κ3) is 1.57. The van der Waals surface area contributed by atoms with Crippen molar-refractivity contribution in [1.29, 1.82) is 0 Å². The van der Waals surface area contributed by atoms with Crippen LogP contribution >= 0.6 is 0 Å². The number of hydrogen-bond acceptors (Lipinski definition) is 2. The van der Waals surface area contributed by atoms with Crippen molar-refractivity contribution in [2.45, 2.75) is 36.7 Å². The lowest BCUT2D eigenvalue weighted by atomic mass is 9.93. The van der Waals surface area contributed by atoms with Crippen LogP contribution in [0.5, 0.6) is 0 Å². The molecule has 3 rings (SSSR count). The van der Waals surface area contributed by atoms with Gasteiger partial charge in [-0.1, -0.05) is 24.3 Å². The summed E-state index contributed by atoms with van der Waals surface area (Å²) in [6.07, 6.45) is 4.24. The van der Waals surface area contributed by atoms with E-state index in [1.807, 2.05) is 6.07 Å². The molecule has 1 aromatic carbocycles. The molecule has 2 fully saturated rings. The fraction of sp³-hybridized carbons (Fsp3) is 0.571. The number of benzene rings is 1. The van der Waals surface area contributed by atoms with Crippen LogP contribution in [0.15, 0.2) is 24.3 Å². The van der Waals surface area contributed by atoms with Crippen LogP contribution in [0.1, 0.15) is 36.8 Å². The maximum Gasteiger partial charge on any atom is 0.0899 e. The van der Waals surface area contributed by atoms with Gasteiger partial charge in [-0.3, -0.25) is 0 Å². The van der Waals surface area contributed by atoms with Crippen molar-refractivity contribution in [2.75, 3.05) is 13.7 Å². The standard InChI is InChI=1S/C14H18O2/c1-16-10-13(5-6-13)11-3-2-4-12(9-11)14(15)7-8-14/h2-4,9,15H,5-8,10H2,1H3. The molecule has 0 aliphatic heterocycles. The minimum atomic E-state index is -0.515. The highest BCUT2D eigenvalue weighted by molar-refractivity contribution is 5.38. The van der Waals surface area contributed by atoms with E-state index in [-0.39, 0.29) is 5.41 Å². The van der Waals surface area contributed by atoms with Crippen LogP contribution in [0.2, 0.25) is 0 Å². The summed E-state index contributed by atoms with van der Waals surface area (Å²) in [4.78, 5) is 0. The molecule has 1 aromatic rings. The largest absolute Gasteiger partial charge is 0.385 e. The maximum atomic E-state index is 10.1. The molecule has 0 spiro atoms. The number of methoxy groups -OCH3 is 1. The van der Waals surface area contributed by atoms with E-state index in [2.05, 4.69) is 18.2 Å². The summed E-state index contributed by atoms with van der Waals surface area (Å²) in [7, 11) is 1.76. The molecular weight excluding hydrogens is 200 g/mol. The van der Waals surface area contributed by atoms with E-state index in [1.165, 1.54) is 18.4 Å². The van der Waals surface area contributed by atoms with Gasteiger partial charge in [-0.2, -0.15) is 0 Å². The van der Waals surface area contributed by atoms with E-state index in [1.54, 1.807) is 7.11 Å². The molecule has 2 heteroatoms. The highest BCUT2D eigenvalue weighted by atomic mass is 16.5. The first kappa shape index (κ1) is 10.3. The second-order valence-electron chi connectivity index (χ2n) is 5.33. The lowest BCUT2D eigenvalue weighted by molar-refractivity contribution is 0.150. The summed E-state index contributed by atoms with van der Waals surface area (Å²) in [6.45, 7) is 0.800. The number of rotatable bonds is 4. The zero-order valence-electron chi connectivity index (χ0n) is 9.70. The van der Waals surface area contributed by atoms with E-state index in [0.29, 0.717) is 0 Å². The third-order valence-corrected chi connectivity index (χ3v) is 4.01. The molecule has 0 radical (unpaired) electrons. The molecule has 0 aromatic heterocycles. The first-order valence-electron chi connectivity index (χ1n) is 6.01. The van der Waals surface area contributed by atoms with Crippen molar-refractivity contribution in [2.24, 2.45) is 0 Å². The summed E-state index contributed by atoms with van der Waals surface area (Å²) in [5, 5.41) is 10.1. The highest BCUT2D eigenvalue weighted by Crippen LogP contribution is 2.51. The molecule has 2 nitrogen and oxygen atoms in total. The predicted molar refractivity (Wildman–Crippen MR) is 62.4 cm³/mol. The zero-order chi connectivity index (χ0) is 11.2. The summed E-state index contributed by atoms with van der Waals surface area (Å²) < 4.78 is 5.30. The summed E-state index contributed by atoms with van der Waals surface area (Å²) in [6, 6.07) is 8.45. The van der Waals surface area contributed by atoms with Gasteiger partial charge in [0.15, 0.2) is 0 Å². The van der Waals surface area contributed by atoms with Gasteiger partial charge in [0, 0.05) is 12.5 Å². The van der Waals surface area contributed by atoms with E-state index in [4.69, 9.17) is 4.74 Å². The first-order valence-corrected chi connectivity index (χ1v) is 6.01. The number of hydrogen-bond donors (Lipinski definition) is 1. The van der Waals surface area contributed by atoms with Crippen molar-refractivity contribution in [3.8, 4) is 0 Å². The van der Waals surface area contributed by atoms with Crippen LogP contribution in [0.25, 0.3) is 0 Å². The van der Waals surface area contributed by atoms with Crippen LogP contribution < -0.4 is 0 Å². The molecule has 0 atom stereocenters. The van der Waals surface area contributed by atoms with E-state index in [9.17, 15) is 5.11 Å². The lowest BCUT2D eigenvalue weighted by Crippen LogP contribution is -2.15. The molecular formula is C14H18O2. The molecule has 2 saturated carbocycles. The molecule has 0 bridgehead atoms. The van der Waals surface area contributed by atoms with Crippen molar-refractivity contribution in [3.05, 3.63) is 35.4 Å². The SMILES string of the molecule is COCC1(c2cccc(C3(O)CC3)c2)CC1. The second kappa shape index (κ2) is 3.31. The van der Waals surface area contributed by atoms with Gasteiger partial charge in [0.25, 0.3) is 0 Å². The van der Waals surface area contributed by atoms with E-state index >= 15 is 0 Å². The topological polar surface area (TPSA) is 29.5 Å². The van der Waals surface area contributed by atoms with Gasteiger partial charge in [0.2, 0.25) is 0 Å². The van der Waals surface area contributed by atoms with Crippen molar-refractivity contribution >= 4 is 0 Å². The summed E-state index contributed by atoms with van der Waals surface area (Å²) in [5.41, 5.74) is 2.16. The molecule has 2 aliphatic rings. The Bertz CT molecular complexity index is 403. The van der Waals surface area contributed by atoms with Crippen LogP contribution in [0.3, 0.4) is 0 Å². The third-order valence-electron chi connectivity index (χ3n) is 4.01. The van der Waals surface area contributed by atoms with Gasteiger partial charge in [0.1, 0.15) is 0 Å². The van der Waals surface area contributed by atoms with Gasteiger partial charge in [-0.25, -0.2) is 0 Å². The predicted octanol–water partition coefficient (Wildman–Crippen LogP) is 2.35. The lowest BCUT2D eigenvalue weighted by Gasteiger charge is -2.17. The molecule has 1 N–H and O–H groups in total. The van der Waals surface area contributed by atoms with Crippen LogP contribution in [-0.4, -0.2) is 18.8 Å². The Hall–Kier alpha value is -0.860. The first-order chi connectivity index (χ1) is 7.69. The minimum Gasteiger partial charge on any atom is -0.385 e. The van der Waals surface area contributed by atoms with Crippen molar-refractivity contribution in [3.63, 3.8) is 0 Å². The average molecular weight is 218 g/mol. The Balaban J connectivity index is 1.91. The van der Waals surface area contributed by atoms with Crippen LogP contribution in [0, 0.1) is 0 Å². The fourth-order valence-electron chi connectivity index (χ4n) is 2.49. The number of ether oxygens (including phenoxy) is 1. The fourth-order valence-corrected chi connectivity index (χ4v) is 2.49. The number of aliphatic hydroxyl groups is 1. The zero-order valence-corrected chi connectivity index (χ0v) is 9.70.